The molecule has 0 saturated heterocycles. The topological polar surface area (TPSA) is 54.9 Å². The van der Waals surface area contributed by atoms with Gasteiger partial charge in [0.05, 0.1) is 23.0 Å². The summed E-state index contributed by atoms with van der Waals surface area (Å²) in [6, 6.07) is 0.796. The maximum atomic E-state index is 12.7. The van der Waals surface area contributed by atoms with E-state index in [2.05, 4.69) is 9.97 Å². The van der Waals surface area contributed by atoms with E-state index in [0.717, 1.165) is 6.20 Å². The third kappa shape index (κ3) is 4.21. The Kier molecular flexibility index (Phi) is 4.50. The smallest absolute Gasteiger partial charge is 0.321 e. The van der Waals surface area contributed by atoms with E-state index in [-0.39, 0.29) is 11.8 Å². The molecule has 10 heteroatoms. The average Bonchev–Trinajstić information content (AvgIpc) is 2.45. The number of carbonyl (C=O) groups excluding carboxylic acids is 1. The van der Waals surface area contributed by atoms with E-state index in [9.17, 15) is 31.1 Å². The molecule has 1 heterocycles. The molecule has 0 saturated carbocycles. The summed E-state index contributed by atoms with van der Waals surface area (Å²) >= 11 is 0. The molecule has 128 valence electrons. The molecule has 1 aromatic heterocycles. The number of aromatic nitrogens is 2. The number of rotatable bonds is 2. The van der Waals surface area contributed by atoms with Crippen molar-refractivity contribution in [2.45, 2.75) is 19.3 Å². The number of alkyl halides is 6. The third-order valence-electron chi connectivity index (χ3n) is 2.86. The second-order valence-electron chi connectivity index (χ2n) is 4.79. The summed E-state index contributed by atoms with van der Waals surface area (Å²) in [5, 5.41) is 1.96. The molecule has 0 radical (unpaired) electrons. The van der Waals surface area contributed by atoms with Crippen molar-refractivity contribution in [1.82, 2.24) is 9.97 Å². The van der Waals surface area contributed by atoms with Crippen molar-refractivity contribution >= 4 is 11.6 Å². The zero-order valence-corrected chi connectivity index (χ0v) is 12.0. The molecular weight excluding hydrogens is 340 g/mol. The number of nitrogens with zero attached hydrogens (tertiary/aromatic N) is 2. The number of benzene rings is 1. The zero-order chi connectivity index (χ0) is 18.1. The first kappa shape index (κ1) is 17.7. The first-order chi connectivity index (χ1) is 11.0. The molecule has 0 spiro atoms. The number of aryl methyl sites for hydroxylation is 1. The number of hydrogen-bond acceptors (Lipinski definition) is 3. The predicted octanol–water partition coefficient (Wildman–Crippen LogP) is 4.07. The highest BCUT2D eigenvalue weighted by molar-refractivity contribution is 6.02. The summed E-state index contributed by atoms with van der Waals surface area (Å²) in [4.78, 5) is 19.3. The van der Waals surface area contributed by atoms with Gasteiger partial charge in [0.25, 0.3) is 5.91 Å². The van der Waals surface area contributed by atoms with Crippen molar-refractivity contribution in [3.05, 3.63) is 53.1 Å². The Balaban J connectivity index is 2.38. The van der Waals surface area contributed by atoms with Crippen molar-refractivity contribution in [2.75, 3.05) is 5.32 Å². The number of halogens is 6. The monoisotopic (exact) mass is 349 g/mol. The molecule has 1 amide bonds. The number of carbonyl (C=O) groups is 1. The Labute approximate surface area is 131 Å². The second-order valence-corrected chi connectivity index (χ2v) is 4.79. The minimum atomic E-state index is -5.00. The summed E-state index contributed by atoms with van der Waals surface area (Å²) in [5.74, 6) is -0.977. The van der Waals surface area contributed by atoms with Crippen LogP contribution in [-0.4, -0.2) is 15.9 Å². The summed E-state index contributed by atoms with van der Waals surface area (Å²) < 4.78 is 76.4. The molecule has 0 aliphatic rings. The zero-order valence-electron chi connectivity index (χ0n) is 12.0. The van der Waals surface area contributed by atoms with E-state index in [0.29, 0.717) is 17.8 Å². The lowest BCUT2D eigenvalue weighted by Crippen LogP contribution is -2.17. The van der Waals surface area contributed by atoms with Gasteiger partial charge in [-0.3, -0.25) is 9.78 Å². The molecule has 1 aromatic carbocycles. The van der Waals surface area contributed by atoms with Crippen molar-refractivity contribution in [1.29, 1.82) is 0 Å². The summed E-state index contributed by atoms with van der Waals surface area (Å²) in [6.07, 6.45) is -7.69. The van der Waals surface area contributed by atoms with Crippen LogP contribution in [0.3, 0.4) is 0 Å². The van der Waals surface area contributed by atoms with Crippen LogP contribution in [0, 0.1) is 6.92 Å². The highest BCUT2D eigenvalue weighted by atomic mass is 19.4. The lowest BCUT2D eigenvalue weighted by molar-refractivity contribution is -0.143. The Morgan fingerprint density at radius 3 is 1.88 bits per heavy atom. The fraction of sp³-hybridized carbons (Fsp3) is 0.214. The number of anilines is 1. The SMILES string of the molecule is Cc1cnc(C(=O)Nc2cc(C(F)(F)F)cc(C(F)(F)F)c2)cn1. The van der Waals surface area contributed by atoms with Crippen LogP contribution in [0.2, 0.25) is 0 Å². The number of nitrogens with one attached hydrogen (secondary N) is 1. The van der Waals surface area contributed by atoms with Gasteiger partial charge in [-0.05, 0) is 25.1 Å². The van der Waals surface area contributed by atoms with Gasteiger partial charge in [0.2, 0.25) is 0 Å². The molecule has 0 aliphatic heterocycles. The van der Waals surface area contributed by atoms with E-state index in [4.69, 9.17) is 0 Å². The van der Waals surface area contributed by atoms with Gasteiger partial charge in [-0.1, -0.05) is 0 Å². The van der Waals surface area contributed by atoms with Crippen LogP contribution in [-0.2, 0) is 12.4 Å². The van der Waals surface area contributed by atoms with Crippen LogP contribution < -0.4 is 5.32 Å². The number of hydrogen-bond donors (Lipinski definition) is 1. The maximum Gasteiger partial charge on any atom is 0.416 e. The average molecular weight is 349 g/mol. The fourth-order valence-corrected chi connectivity index (χ4v) is 1.73. The van der Waals surface area contributed by atoms with Crippen molar-refractivity contribution in [3.63, 3.8) is 0 Å². The Bertz CT molecular complexity index is 720. The highest BCUT2D eigenvalue weighted by Crippen LogP contribution is 2.37. The Morgan fingerprint density at radius 2 is 1.46 bits per heavy atom. The molecule has 4 nitrogen and oxygen atoms in total. The van der Waals surface area contributed by atoms with Gasteiger partial charge in [-0.25, -0.2) is 4.98 Å². The van der Waals surface area contributed by atoms with Crippen LogP contribution in [0.4, 0.5) is 32.0 Å². The molecule has 0 atom stereocenters. The Morgan fingerprint density at radius 1 is 0.917 bits per heavy atom. The first-order valence-electron chi connectivity index (χ1n) is 6.36. The summed E-state index contributed by atoms with van der Waals surface area (Å²) in [7, 11) is 0. The molecule has 2 rings (SSSR count). The van der Waals surface area contributed by atoms with Crippen molar-refractivity contribution in [2.24, 2.45) is 0 Å². The molecule has 2 aromatic rings. The van der Waals surface area contributed by atoms with E-state index >= 15 is 0 Å². The second kappa shape index (κ2) is 6.10. The number of amides is 1. The summed E-state index contributed by atoms with van der Waals surface area (Å²) in [5.41, 5.74) is -3.45. The van der Waals surface area contributed by atoms with Crippen molar-refractivity contribution < 1.29 is 31.1 Å². The highest BCUT2D eigenvalue weighted by Gasteiger charge is 2.37. The minimum Gasteiger partial charge on any atom is -0.321 e. The van der Waals surface area contributed by atoms with E-state index < -0.39 is 35.1 Å². The molecule has 24 heavy (non-hydrogen) atoms. The van der Waals surface area contributed by atoms with Gasteiger partial charge in [0, 0.05) is 11.9 Å². The molecule has 0 unspecified atom stereocenters. The van der Waals surface area contributed by atoms with Gasteiger partial charge in [0.1, 0.15) is 5.69 Å². The minimum absolute atomic E-state index is 0.0264. The molecule has 1 N–H and O–H groups in total. The maximum absolute atomic E-state index is 12.7. The molecule has 0 bridgehead atoms. The Hall–Kier alpha value is -2.65. The van der Waals surface area contributed by atoms with Crippen LogP contribution in [0.5, 0.6) is 0 Å². The van der Waals surface area contributed by atoms with Gasteiger partial charge < -0.3 is 5.32 Å². The summed E-state index contributed by atoms with van der Waals surface area (Å²) in [6.45, 7) is 1.59. The fourth-order valence-electron chi connectivity index (χ4n) is 1.73. The van der Waals surface area contributed by atoms with E-state index in [1.807, 2.05) is 5.32 Å². The molecule has 0 fully saturated rings. The van der Waals surface area contributed by atoms with Gasteiger partial charge in [-0.2, -0.15) is 26.3 Å². The van der Waals surface area contributed by atoms with E-state index in [1.54, 1.807) is 6.92 Å². The predicted molar refractivity (Wildman–Crippen MR) is 71.2 cm³/mol. The largest absolute Gasteiger partial charge is 0.416 e. The van der Waals surface area contributed by atoms with Crippen LogP contribution in [0.15, 0.2) is 30.6 Å². The van der Waals surface area contributed by atoms with Gasteiger partial charge >= 0.3 is 12.4 Å². The lowest BCUT2D eigenvalue weighted by Gasteiger charge is -2.14. The molecular formula is C14H9F6N3O. The van der Waals surface area contributed by atoms with Crippen molar-refractivity contribution in [3.8, 4) is 0 Å². The standard InChI is InChI=1S/C14H9F6N3O/c1-7-5-22-11(6-21-7)12(24)23-10-3-8(13(15,16)17)2-9(4-10)14(18,19)20/h2-6H,1H3,(H,23,24). The van der Waals surface area contributed by atoms with Gasteiger partial charge in [0.15, 0.2) is 0 Å². The molecule has 0 aliphatic carbocycles. The van der Waals surface area contributed by atoms with E-state index in [1.165, 1.54) is 6.20 Å². The quantitative estimate of drug-likeness (QED) is 0.832. The van der Waals surface area contributed by atoms with Crippen LogP contribution in [0.25, 0.3) is 0 Å². The lowest BCUT2D eigenvalue weighted by atomic mass is 10.1. The normalized spacial score (nSPS) is 12.1. The van der Waals surface area contributed by atoms with Gasteiger partial charge in [-0.15, -0.1) is 0 Å². The van der Waals surface area contributed by atoms with Crippen LogP contribution in [0.1, 0.15) is 27.3 Å². The first-order valence-corrected chi connectivity index (χ1v) is 6.36. The third-order valence-corrected chi connectivity index (χ3v) is 2.86. The van der Waals surface area contributed by atoms with Crippen LogP contribution >= 0.6 is 0 Å².